The summed E-state index contributed by atoms with van der Waals surface area (Å²) < 4.78 is 12.5. The maximum atomic E-state index is 12.5. The average molecular weight is 166 g/mol. The highest BCUT2D eigenvalue weighted by atomic mass is 19.1. The van der Waals surface area contributed by atoms with Crippen molar-refractivity contribution in [1.82, 2.24) is 0 Å². The van der Waals surface area contributed by atoms with Gasteiger partial charge in [-0.25, -0.2) is 9.18 Å². The lowest BCUT2D eigenvalue weighted by Crippen LogP contribution is -1.99. The van der Waals surface area contributed by atoms with E-state index in [4.69, 9.17) is 5.11 Å². The number of halogens is 1. The molecule has 0 spiro atoms. The Hall–Kier alpha value is -1.64. The van der Waals surface area contributed by atoms with Crippen LogP contribution in [0.5, 0.6) is 0 Å². The first-order valence-electron chi connectivity index (χ1n) is 3.30. The first-order chi connectivity index (χ1) is 5.65. The van der Waals surface area contributed by atoms with Crippen LogP contribution < -0.4 is 0 Å². The fourth-order valence-electron chi connectivity index (χ4n) is 0.892. The van der Waals surface area contributed by atoms with Gasteiger partial charge in [0, 0.05) is 0 Å². The third-order valence-corrected chi connectivity index (χ3v) is 1.47. The molecular formula is C9H7FO2. The van der Waals surface area contributed by atoms with Crippen molar-refractivity contribution in [2.24, 2.45) is 0 Å². The Morgan fingerprint density at radius 2 is 2.25 bits per heavy atom. The highest BCUT2D eigenvalue weighted by molar-refractivity contribution is 5.91. The van der Waals surface area contributed by atoms with Crippen LogP contribution in [0.3, 0.4) is 0 Å². The number of carbonyl (C=O) groups is 1. The summed E-state index contributed by atoms with van der Waals surface area (Å²) in [6.07, 6.45) is 1.38. The fourth-order valence-corrected chi connectivity index (χ4v) is 0.892. The Kier molecular flexibility index (Phi) is 2.24. The van der Waals surface area contributed by atoms with E-state index < -0.39 is 11.8 Å². The standard InChI is InChI=1S/C9H7FO2/c1-2-6-3-4-7(10)5-8(6)9(11)12/h2-5H,1H2,(H,11,12). The molecule has 0 aliphatic rings. The molecule has 12 heavy (non-hydrogen) atoms. The van der Waals surface area contributed by atoms with Gasteiger partial charge in [-0.05, 0) is 17.7 Å². The van der Waals surface area contributed by atoms with Crippen LogP contribution in [0.15, 0.2) is 24.8 Å². The molecular weight excluding hydrogens is 159 g/mol. The molecule has 0 radical (unpaired) electrons. The molecule has 0 amide bonds. The van der Waals surface area contributed by atoms with Gasteiger partial charge in [-0.15, -0.1) is 0 Å². The van der Waals surface area contributed by atoms with Crippen LogP contribution in [-0.2, 0) is 0 Å². The zero-order valence-corrected chi connectivity index (χ0v) is 6.25. The van der Waals surface area contributed by atoms with Crippen molar-refractivity contribution in [3.63, 3.8) is 0 Å². The lowest BCUT2D eigenvalue weighted by Gasteiger charge is -1.99. The summed E-state index contributed by atoms with van der Waals surface area (Å²) in [5, 5.41) is 8.61. The first-order valence-corrected chi connectivity index (χ1v) is 3.30. The van der Waals surface area contributed by atoms with Gasteiger partial charge in [0.05, 0.1) is 5.56 Å². The molecule has 0 saturated carbocycles. The third kappa shape index (κ3) is 1.50. The Morgan fingerprint density at radius 1 is 1.58 bits per heavy atom. The smallest absolute Gasteiger partial charge is 0.336 e. The van der Waals surface area contributed by atoms with Crippen LogP contribution in [0.4, 0.5) is 4.39 Å². The summed E-state index contributed by atoms with van der Waals surface area (Å²) >= 11 is 0. The second-order valence-corrected chi connectivity index (χ2v) is 2.24. The minimum absolute atomic E-state index is 0.0648. The van der Waals surface area contributed by atoms with Crippen LogP contribution in [0.25, 0.3) is 6.08 Å². The first kappa shape index (κ1) is 8.46. The Labute approximate surface area is 69.0 Å². The van der Waals surface area contributed by atoms with Crippen LogP contribution in [-0.4, -0.2) is 11.1 Å². The van der Waals surface area contributed by atoms with Gasteiger partial charge >= 0.3 is 5.97 Å². The molecule has 0 aliphatic heterocycles. The molecule has 0 bridgehead atoms. The minimum Gasteiger partial charge on any atom is -0.478 e. The van der Waals surface area contributed by atoms with Gasteiger partial charge in [-0.3, -0.25) is 0 Å². The minimum atomic E-state index is -1.15. The predicted octanol–water partition coefficient (Wildman–Crippen LogP) is 2.17. The summed E-state index contributed by atoms with van der Waals surface area (Å²) in [6.45, 7) is 3.42. The normalized spacial score (nSPS) is 9.42. The van der Waals surface area contributed by atoms with Gasteiger partial charge in [0.2, 0.25) is 0 Å². The fraction of sp³-hybridized carbons (Fsp3) is 0. The number of carboxylic acids is 1. The molecule has 1 aromatic carbocycles. The van der Waals surface area contributed by atoms with Crippen LogP contribution in [0.1, 0.15) is 15.9 Å². The summed E-state index contributed by atoms with van der Waals surface area (Å²) in [4.78, 5) is 10.5. The van der Waals surface area contributed by atoms with E-state index in [1.165, 1.54) is 18.2 Å². The van der Waals surface area contributed by atoms with Crippen LogP contribution in [0.2, 0.25) is 0 Å². The molecule has 0 unspecified atom stereocenters. The Balaban J connectivity index is 3.30. The summed E-state index contributed by atoms with van der Waals surface area (Å²) in [6, 6.07) is 3.55. The molecule has 0 aromatic heterocycles. The maximum absolute atomic E-state index is 12.5. The number of carboxylic acid groups (broad SMARTS) is 1. The highest BCUT2D eigenvalue weighted by Gasteiger charge is 2.07. The molecule has 3 heteroatoms. The van der Waals surface area contributed by atoms with Crippen molar-refractivity contribution in [3.8, 4) is 0 Å². The van der Waals surface area contributed by atoms with Crippen molar-refractivity contribution in [1.29, 1.82) is 0 Å². The quantitative estimate of drug-likeness (QED) is 0.730. The molecule has 0 fully saturated rings. The molecule has 0 heterocycles. The number of benzene rings is 1. The summed E-state index contributed by atoms with van der Waals surface area (Å²) in [5.41, 5.74) is 0.355. The molecule has 1 rings (SSSR count). The van der Waals surface area contributed by atoms with Crippen molar-refractivity contribution in [2.75, 3.05) is 0 Å². The van der Waals surface area contributed by atoms with E-state index in [2.05, 4.69) is 6.58 Å². The van der Waals surface area contributed by atoms with Gasteiger partial charge in [0.15, 0.2) is 0 Å². The van der Waals surface area contributed by atoms with Crippen molar-refractivity contribution < 1.29 is 14.3 Å². The summed E-state index contributed by atoms with van der Waals surface area (Å²) in [5.74, 6) is -1.71. The lowest BCUT2D eigenvalue weighted by molar-refractivity contribution is 0.0696. The van der Waals surface area contributed by atoms with Crippen molar-refractivity contribution in [3.05, 3.63) is 41.7 Å². The van der Waals surface area contributed by atoms with Gasteiger partial charge in [-0.2, -0.15) is 0 Å². The number of rotatable bonds is 2. The van der Waals surface area contributed by atoms with E-state index in [1.54, 1.807) is 0 Å². The van der Waals surface area contributed by atoms with E-state index in [0.29, 0.717) is 5.56 Å². The second kappa shape index (κ2) is 3.17. The van der Waals surface area contributed by atoms with Gasteiger partial charge < -0.3 is 5.11 Å². The molecule has 1 aromatic rings. The topological polar surface area (TPSA) is 37.3 Å². The lowest BCUT2D eigenvalue weighted by atomic mass is 10.1. The predicted molar refractivity (Wildman–Crippen MR) is 43.5 cm³/mol. The number of aromatic carboxylic acids is 1. The molecule has 62 valence electrons. The van der Waals surface area contributed by atoms with E-state index in [-0.39, 0.29) is 5.56 Å². The number of hydrogen-bond donors (Lipinski definition) is 1. The second-order valence-electron chi connectivity index (χ2n) is 2.24. The van der Waals surface area contributed by atoms with E-state index >= 15 is 0 Å². The van der Waals surface area contributed by atoms with E-state index in [0.717, 1.165) is 6.07 Å². The average Bonchev–Trinajstić information content (AvgIpc) is 2.04. The molecule has 2 nitrogen and oxygen atoms in total. The molecule has 0 atom stereocenters. The third-order valence-electron chi connectivity index (χ3n) is 1.47. The van der Waals surface area contributed by atoms with Crippen molar-refractivity contribution in [2.45, 2.75) is 0 Å². The monoisotopic (exact) mass is 166 g/mol. The van der Waals surface area contributed by atoms with E-state index in [1.807, 2.05) is 0 Å². The van der Waals surface area contributed by atoms with Crippen molar-refractivity contribution >= 4 is 12.0 Å². The summed E-state index contributed by atoms with van der Waals surface area (Å²) in [7, 11) is 0. The van der Waals surface area contributed by atoms with Gasteiger partial charge in [-0.1, -0.05) is 18.7 Å². The van der Waals surface area contributed by atoms with E-state index in [9.17, 15) is 9.18 Å². The highest BCUT2D eigenvalue weighted by Crippen LogP contribution is 2.12. The van der Waals surface area contributed by atoms with Crippen LogP contribution in [0, 0.1) is 5.82 Å². The largest absolute Gasteiger partial charge is 0.478 e. The number of hydrogen-bond acceptors (Lipinski definition) is 1. The SMILES string of the molecule is C=Cc1ccc(F)cc1C(=O)O. The Bertz CT molecular complexity index is 331. The zero-order valence-electron chi connectivity index (χ0n) is 6.25. The molecule has 0 aliphatic carbocycles. The van der Waals surface area contributed by atoms with Crippen LogP contribution >= 0.6 is 0 Å². The van der Waals surface area contributed by atoms with Gasteiger partial charge in [0.25, 0.3) is 0 Å². The zero-order chi connectivity index (χ0) is 9.14. The molecule has 1 N–H and O–H groups in total. The van der Waals surface area contributed by atoms with Gasteiger partial charge in [0.1, 0.15) is 5.82 Å². The maximum Gasteiger partial charge on any atom is 0.336 e. The molecule has 0 saturated heterocycles. The Morgan fingerprint density at radius 3 is 2.75 bits per heavy atom.